The van der Waals surface area contributed by atoms with E-state index in [1.165, 1.54) is 0 Å². The number of halogens is 1. The molecule has 0 bridgehead atoms. The second kappa shape index (κ2) is 12.7. The largest absolute Gasteiger partial charge is 0.384 e. The summed E-state index contributed by atoms with van der Waals surface area (Å²) in [5.74, 6) is -0.196. The van der Waals surface area contributed by atoms with Gasteiger partial charge in [-0.05, 0) is 59.1 Å². The molecule has 3 aromatic carbocycles. The number of hydrogen-bond acceptors (Lipinski definition) is 3. The molecule has 0 spiro atoms. The lowest BCUT2D eigenvalue weighted by molar-refractivity contribution is 0.0944. The molecule has 3 N–H and O–H groups in total. The van der Waals surface area contributed by atoms with Crippen LogP contribution in [0.5, 0.6) is 0 Å². The van der Waals surface area contributed by atoms with Crippen molar-refractivity contribution in [3.8, 4) is 0 Å². The van der Waals surface area contributed by atoms with Crippen LogP contribution in [0.25, 0.3) is 0 Å². The molecule has 0 heterocycles. The average Bonchev–Trinajstić information content (AvgIpc) is 2.80. The SMILES string of the molecule is CCNC(=O)c1ccccc1Br.CCNC(=O)c1ccccc1C(O)c1ccccc1. The van der Waals surface area contributed by atoms with Gasteiger partial charge in [-0.25, -0.2) is 0 Å². The third-order valence-corrected chi connectivity index (χ3v) is 5.10. The van der Waals surface area contributed by atoms with Gasteiger partial charge in [-0.1, -0.05) is 60.7 Å². The Labute approximate surface area is 191 Å². The molecule has 2 amide bonds. The predicted molar refractivity (Wildman–Crippen MR) is 127 cm³/mol. The van der Waals surface area contributed by atoms with E-state index < -0.39 is 6.10 Å². The van der Waals surface area contributed by atoms with Crippen LogP contribution in [0.3, 0.4) is 0 Å². The number of amides is 2. The molecule has 31 heavy (non-hydrogen) atoms. The second-order valence-corrected chi connectivity index (χ2v) is 7.45. The van der Waals surface area contributed by atoms with Crippen LogP contribution in [0.1, 0.15) is 51.8 Å². The lowest BCUT2D eigenvalue weighted by Gasteiger charge is -2.15. The van der Waals surface area contributed by atoms with Crippen LogP contribution >= 0.6 is 15.9 Å². The maximum absolute atomic E-state index is 12.0. The lowest BCUT2D eigenvalue weighted by Crippen LogP contribution is -2.24. The zero-order valence-corrected chi connectivity index (χ0v) is 19.2. The van der Waals surface area contributed by atoms with Gasteiger partial charge in [-0.3, -0.25) is 9.59 Å². The Morgan fingerprint density at radius 3 is 1.84 bits per heavy atom. The van der Waals surface area contributed by atoms with Gasteiger partial charge in [-0.15, -0.1) is 0 Å². The molecule has 1 atom stereocenters. The first kappa shape index (κ1) is 24.3. The van der Waals surface area contributed by atoms with E-state index in [2.05, 4.69) is 26.6 Å². The van der Waals surface area contributed by atoms with E-state index in [0.717, 1.165) is 10.0 Å². The first-order chi connectivity index (χ1) is 15.0. The number of hydrogen-bond donors (Lipinski definition) is 3. The normalized spacial score (nSPS) is 11.0. The van der Waals surface area contributed by atoms with Crippen molar-refractivity contribution >= 4 is 27.7 Å². The van der Waals surface area contributed by atoms with Gasteiger partial charge in [-0.2, -0.15) is 0 Å². The zero-order valence-electron chi connectivity index (χ0n) is 17.6. The molecule has 0 saturated carbocycles. The molecule has 0 aliphatic carbocycles. The van der Waals surface area contributed by atoms with E-state index in [-0.39, 0.29) is 11.8 Å². The van der Waals surface area contributed by atoms with Crippen LogP contribution in [-0.2, 0) is 0 Å². The minimum absolute atomic E-state index is 0.0371. The van der Waals surface area contributed by atoms with Gasteiger partial charge in [0.25, 0.3) is 11.8 Å². The third-order valence-electron chi connectivity index (χ3n) is 4.41. The highest BCUT2D eigenvalue weighted by molar-refractivity contribution is 9.10. The van der Waals surface area contributed by atoms with Gasteiger partial charge < -0.3 is 15.7 Å². The van der Waals surface area contributed by atoms with E-state index >= 15 is 0 Å². The Hall–Kier alpha value is -2.96. The molecule has 5 nitrogen and oxygen atoms in total. The standard InChI is InChI=1S/C16H17NO2.C9H10BrNO/c1-2-17-16(19)14-11-7-6-10-13(14)15(18)12-8-4-3-5-9-12;1-2-11-9(12)7-5-3-4-6-8(7)10/h3-11,15,18H,2H2,1H3,(H,17,19);3-6H,2H2,1H3,(H,11,12). The first-order valence-electron chi connectivity index (χ1n) is 10.1. The lowest BCUT2D eigenvalue weighted by atomic mass is 9.96. The highest BCUT2D eigenvalue weighted by Crippen LogP contribution is 2.24. The van der Waals surface area contributed by atoms with Crippen molar-refractivity contribution in [3.63, 3.8) is 0 Å². The molecule has 3 rings (SSSR count). The van der Waals surface area contributed by atoms with E-state index in [0.29, 0.717) is 29.8 Å². The summed E-state index contributed by atoms with van der Waals surface area (Å²) in [5.41, 5.74) is 2.60. The predicted octanol–water partition coefficient (Wildman–Crippen LogP) is 4.72. The number of aliphatic hydroxyl groups is 1. The van der Waals surface area contributed by atoms with E-state index in [1.54, 1.807) is 24.3 Å². The summed E-state index contributed by atoms with van der Waals surface area (Å²) in [6, 6.07) is 23.8. The fraction of sp³-hybridized carbons (Fsp3) is 0.200. The van der Waals surface area contributed by atoms with Crippen LogP contribution in [0, 0.1) is 0 Å². The van der Waals surface area contributed by atoms with Gasteiger partial charge in [0.2, 0.25) is 0 Å². The topological polar surface area (TPSA) is 78.4 Å². The molecule has 0 aliphatic heterocycles. The highest BCUT2D eigenvalue weighted by atomic mass is 79.9. The number of benzene rings is 3. The summed E-state index contributed by atoms with van der Waals surface area (Å²) < 4.78 is 0.830. The summed E-state index contributed by atoms with van der Waals surface area (Å²) in [6.07, 6.45) is -0.792. The van der Waals surface area contributed by atoms with Gasteiger partial charge in [0.1, 0.15) is 6.10 Å². The molecule has 1 unspecified atom stereocenters. The molecule has 6 heteroatoms. The summed E-state index contributed by atoms with van der Waals surface area (Å²) in [7, 11) is 0. The Kier molecular flexibility index (Phi) is 9.94. The van der Waals surface area contributed by atoms with Crippen molar-refractivity contribution in [1.82, 2.24) is 10.6 Å². The van der Waals surface area contributed by atoms with Crippen LogP contribution in [0.4, 0.5) is 0 Å². The molecular formula is C25H27BrN2O3. The Bertz CT molecular complexity index is 993. The summed E-state index contributed by atoms with van der Waals surface area (Å²) >= 11 is 3.31. The number of carbonyl (C=O) groups excluding carboxylic acids is 2. The zero-order chi connectivity index (χ0) is 22.6. The average molecular weight is 483 g/mol. The number of nitrogens with one attached hydrogen (secondary N) is 2. The monoisotopic (exact) mass is 482 g/mol. The highest BCUT2D eigenvalue weighted by Gasteiger charge is 2.17. The van der Waals surface area contributed by atoms with E-state index in [4.69, 9.17) is 0 Å². The van der Waals surface area contributed by atoms with E-state index in [1.807, 2.05) is 68.4 Å². The first-order valence-corrected chi connectivity index (χ1v) is 10.9. The maximum Gasteiger partial charge on any atom is 0.252 e. The van der Waals surface area contributed by atoms with Crippen molar-refractivity contribution in [2.24, 2.45) is 0 Å². The minimum atomic E-state index is -0.792. The fourth-order valence-corrected chi connectivity index (χ4v) is 3.38. The van der Waals surface area contributed by atoms with Gasteiger partial charge in [0.15, 0.2) is 0 Å². The fourth-order valence-electron chi connectivity index (χ4n) is 2.91. The third kappa shape index (κ3) is 7.05. The van der Waals surface area contributed by atoms with Crippen LogP contribution in [0.15, 0.2) is 83.3 Å². The number of aliphatic hydroxyl groups excluding tert-OH is 1. The quantitative estimate of drug-likeness (QED) is 0.475. The maximum atomic E-state index is 12.0. The Morgan fingerprint density at radius 1 is 0.774 bits per heavy atom. The summed E-state index contributed by atoms with van der Waals surface area (Å²) in [5, 5.41) is 15.9. The number of rotatable bonds is 6. The van der Waals surface area contributed by atoms with Gasteiger partial charge >= 0.3 is 0 Å². The van der Waals surface area contributed by atoms with Gasteiger partial charge in [0.05, 0.1) is 5.56 Å². The van der Waals surface area contributed by atoms with Crippen molar-refractivity contribution in [1.29, 1.82) is 0 Å². The molecule has 0 aliphatic rings. The Morgan fingerprint density at radius 2 is 1.26 bits per heavy atom. The molecule has 162 valence electrons. The molecule has 0 fully saturated rings. The Balaban J connectivity index is 0.000000245. The molecule has 3 aromatic rings. The van der Waals surface area contributed by atoms with Crippen LogP contribution in [-0.4, -0.2) is 30.0 Å². The number of carbonyl (C=O) groups is 2. The minimum Gasteiger partial charge on any atom is -0.384 e. The summed E-state index contributed by atoms with van der Waals surface area (Å²) in [6.45, 7) is 4.98. The summed E-state index contributed by atoms with van der Waals surface area (Å²) in [4.78, 5) is 23.3. The smallest absolute Gasteiger partial charge is 0.252 e. The molecule has 0 radical (unpaired) electrons. The molecule has 0 saturated heterocycles. The van der Waals surface area contributed by atoms with Crippen LogP contribution in [0.2, 0.25) is 0 Å². The molecule has 0 aromatic heterocycles. The van der Waals surface area contributed by atoms with Crippen molar-refractivity contribution < 1.29 is 14.7 Å². The van der Waals surface area contributed by atoms with Crippen molar-refractivity contribution in [3.05, 3.63) is 106 Å². The second-order valence-electron chi connectivity index (χ2n) is 6.60. The van der Waals surface area contributed by atoms with Crippen molar-refractivity contribution in [2.45, 2.75) is 20.0 Å². The van der Waals surface area contributed by atoms with Crippen molar-refractivity contribution in [2.75, 3.05) is 13.1 Å². The molecular weight excluding hydrogens is 456 g/mol. The van der Waals surface area contributed by atoms with Crippen LogP contribution < -0.4 is 10.6 Å². The van der Waals surface area contributed by atoms with Gasteiger partial charge in [0, 0.05) is 23.1 Å². The van der Waals surface area contributed by atoms with E-state index in [9.17, 15) is 14.7 Å².